The average molecular weight is 275 g/mol. The molecule has 0 spiro atoms. The van der Waals surface area contributed by atoms with Crippen LogP contribution in [0.1, 0.15) is 0 Å². The first kappa shape index (κ1) is 10.6. The average Bonchev–Trinajstić information content (AvgIpc) is 2.26. The van der Waals surface area contributed by atoms with Crippen LogP contribution in [0.4, 0.5) is 0 Å². The van der Waals surface area contributed by atoms with Crippen molar-refractivity contribution in [2.24, 2.45) is 0 Å². The van der Waals surface area contributed by atoms with Crippen molar-refractivity contribution in [2.75, 3.05) is 27.1 Å². The molecule has 1 aliphatic rings. The topological polar surface area (TPSA) is 36.9 Å². The van der Waals surface area contributed by atoms with Crippen molar-refractivity contribution < 1.29 is 18.9 Å². The number of halogens is 1. The lowest BCUT2D eigenvalue weighted by atomic mass is 10.3. The number of fused-ring (bicyclic) bond motifs is 1. The van der Waals surface area contributed by atoms with Crippen molar-refractivity contribution in [2.45, 2.75) is 0 Å². The van der Waals surface area contributed by atoms with Gasteiger partial charge >= 0.3 is 0 Å². The summed E-state index contributed by atoms with van der Waals surface area (Å²) in [4.78, 5) is 0. The first-order valence-corrected chi connectivity index (χ1v) is 5.31. The number of ether oxygens (including phenoxy) is 4. The second-order valence-corrected chi connectivity index (χ2v) is 3.83. The second-order valence-electron chi connectivity index (χ2n) is 2.98. The van der Waals surface area contributed by atoms with Gasteiger partial charge in [-0.1, -0.05) is 0 Å². The summed E-state index contributed by atoms with van der Waals surface area (Å²) in [5.41, 5.74) is 0. The van der Waals surface area contributed by atoms with Gasteiger partial charge in [-0.15, -0.1) is 0 Å². The SMILES string of the molecule is COCOc1cc2c(cc1Br)OCCO2. The normalized spacial score (nSPS) is 13.7. The summed E-state index contributed by atoms with van der Waals surface area (Å²) in [6, 6.07) is 3.62. The van der Waals surface area contributed by atoms with E-state index in [1.807, 2.05) is 6.07 Å². The van der Waals surface area contributed by atoms with Gasteiger partial charge in [0.05, 0.1) is 4.47 Å². The third-order valence-corrected chi connectivity index (χ3v) is 2.55. The van der Waals surface area contributed by atoms with Gasteiger partial charge in [-0.2, -0.15) is 0 Å². The predicted octanol–water partition coefficient (Wildman–Crippen LogP) is 2.20. The summed E-state index contributed by atoms with van der Waals surface area (Å²) in [6.07, 6.45) is 0. The highest BCUT2D eigenvalue weighted by molar-refractivity contribution is 9.10. The summed E-state index contributed by atoms with van der Waals surface area (Å²) in [7, 11) is 1.58. The predicted molar refractivity (Wildman–Crippen MR) is 57.6 cm³/mol. The van der Waals surface area contributed by atoms with Gasteiger partial charge in [-0.3, -0.25) is 0 Å². The third kappa shape index (κ3) is 2.35. The van der Waals surface area contributed by atoms with E-state index in [9.17, 15) is 0 Å². The zero-order valence-corrected chi connectivity index (χ0v) is 9.87. The molecule has 4 nitrogen and oxygen atoms in total. The molecule has 0 amide bonds. The smallest absolute Gasteiger partial charge is 0.188 e. The van der Waals surface area contributed by atoms with Crippen LogP contribution in [0.25, 0.3) is 0 Å². The van der Waals surface area contributed by atoms with Crippen LogP contribution in [0.5, 0.6) is 17.2 Å². The van der Waals surface area contributed by atoms with Crippen LogP contribution < -0.4 is 14.2 Å². The Morgan fingerprint density at radius 3 is 2.60 bits per heavy atom. The Morgan fingerprint density at radius 2 is 1.93 bits per heavy atom. The van der Waals surface area contributed by atoms with Crippen molar-refractivity contribution >= 4 is 15.9 Å². The van der Waals surface area contributed by atoms with Crippen LogP contribution in [0.2, 0.25) is 0 Å². The van der Waals surface area contributed by atoms with Gasteiger partial charge in [-0.25, -0.2) is 0 Å². The Hall–Kier alpha value is -0.940. The van der Waals surface area contributed by atoms with E-state index in [1.54, 1.807) is 13.2 Å². The zero-order valence-electron chi connectivity index (χ0n) is 8.29. The number of methoxy groups -OCH3 is 1. The van der Waals surface area contributed by atoms with Crippen LogP contribution in [-0.4, -0.2) is 27.1 Å². The highest BCUT2D eigenvalue weighted by Gasteiger charge is 2.15. The Balaban J connectivity index is 2.24. The highest BCUT2D eigenvalue weighted by atomic mass is 79.9. The van der Waals surface area contributed by atoms with Crippen molar-refractivity contribution in [1.29, 1.82) is 0 Å². The van der Waals surface area contributed by atoms with Gasteiger partial charge in [0.25, 0.3) is 0 Å². The molecule has 0 radical (unpaired) electrons. The summed E-state index contributed by atoms with van der Waals surface area (Å²) in [5, 5.41) is 0. The fourth-order valence-electron chi connectivity index (χ4n) is 1.28. The molecule has 0 aromatic heterocycles. The van der Waals surface area contributed by atoms with Gasteiger partial charge in [0.2, 0.25) is 0 Å². The summed E-state index contributed by atoms with van der Waals surface area (Å²) in [6.45, 7) is 1.36. The molecule has 1 aromatic carbocycles. The number of rotatable bonds is 3. The largest absolute Gasteiger partial charge is 0.486 e. The van der Waals surface area contributed by atoms with Crippen molar-refractivity contribution in [3.63, 3.8) is 0 Å². The molecule has 1 aromatic rings. The number of hydrogen-bond donors (Lipinski definition) is 0. The van der Waals surface area contributed by atoms with Crippen LogP contribution in [0.15, 0.2) is 16.6 Å². The van der Waals surface area contributed by atoms with E-state index in [2.05, 4.69) is 15.9 Å². The van der Waals surface area contributed by atoms with Crippen LogP contribution >= 0.6 is 15.9 Å². The summed E-state index contributed by atoms with van der Waals surface area (Å²) >= 11 is 3.39. The molecule has 2 rings (SSSR count). The van der Waals surface area contributed by atoms with Gasteiger partial charge in [-0.05, 0) is 15.9 Å². The van der Waals surface area contributed by atoms with E-state index in [4.69, 9.17) is 18.9 Å². The van der Waals surface area contributed by atoms with E-state index >= 15 is 0 Å². The number of hydrogen-bond acceptors (Lipinski definition) is 4. The van der Waals surface area contributed by atoms with Crippen molar-refractivity contribution in [3.8, 4) is 17.2 Å². The Bertz CT molecular complexity index is 354. The summed E-state index contributed by atoms with van der Waals surface area (Å²) < 4.78 is 21.9. The molecule has 15 heavy (non-hydrogen) atoms. The molecule has 0 saturated heterocycles. The van der Waals surface area contributed by atoms with E-state index in [0.29, 0.717) is 24.7 Å². The Morgan fingerprint density at radius 1 is 1.27 bits per heavy atom. The van der Waals surface area contributed by atoms with E-state index in [1.165, 1.54) is 0 Å². The van der Waals surface area contributed by atoms with Crippen LogP contribution in [-0.2, 0) is 4.74 Å². The minimum Gasteiger partial charge on any atom is -0.486 e. The second kappa shape index (κ2) is 4.72. The van der Waals surface area contributed by atoms with Crippen LogP contribution in [0.3, 0.4) is 0 Å². The molecule has 0 saturated carbocycles. The Kier molecular flexibility index (Phi) is 3.33. The molecular weight excluding hydrogens is 264 g/mol. The molecule has 82 valence electrons. The quantitative estimate of drug-likeness (QED) is 0.792. The van der Waals surface area contributed by atoms with E-state index in [-0.39, 0.29) is 6.79 Å². The first-order valence-electron chi connectivity index (χ1n) is 4.52. The molecule has 5 heteroatoms. The van der Waals surface area contributed by atoms with Gasteiger partial charge in [0.1, 0.15) is 19.0 Å². The first-order chi connectivity index (χ1) is 7.31. The molecule has 0 fully saturated rings. The lowest BCUT2D eigenvalue weighted by Gasteiger charge is -2.19. The van der Waals surface area contributed by atoms with Crippen LogP contribution in [0, 0.1) is 0 Å². The lowest BCUT2D eigenvalue weighted by molar-refractivity contribution is 0.0500. The van der Waals surface area contributed by atoms with Crippen molar-refractivity contribution in [3.05, 3.63) is 16.6 Å². The van der Waals surface area contributed by atoms with Gasteiger partial charge in [0, 0.05) is 19.2 Å². The molecule has 1 heterocycles. The van der Waals surface area contributed by atoms with Gasteiger partial charge < -0.3 is 18.9 Å². The van der Waals surface area contributed by atoms with Crippen molar-refractivity contribution in [1.82, 2.24) is 0 Å². The molecule has 0 unspecified atom stereocenters. The molecule has 0 aliphatic carbocycles. The maximum atomic E-state index is 5.43. The minimum absolute atomic E-state index is 0.207. The third-order valence-electron chi connectivity index (χ3n) is 1.93. The maximum Gasteiger partial charge on any atom is 0.188 e. The summed E-state index contributed by atoms with van der Waals surface area (Å²) in [5.74, 6) is 2.12. The molecule has 1 aliphatic heterocycles. The van der Waals surface area contributed by atoms with E-state index < -0.39 is 0 Å². The fourth-order valence-corrected chi connectivity index (χ4v) is 1.72. The lowest BCUT2D eigenvalue weighted by Crippen LogP contribution is -2.15. The minimum atomic E-state index is 0.207. The Labute approximate surface area is 96.2 Å². The highest BCUT2D eigenvalue weighted by Crippen LogP contribution is 2.39. The monoisotopic (exact) mass is 274 g/mol. The zero-order chi connectivity index (χ0) is 10.7. The molecule has 0 N–H and O–H groups in total. The molecular formula is C10H11BrO4. The van der Waals surface area contributed by atoms with E-state index in [0.717, 1.165) is 10.2 Å². The molecule has 0 atom stereocenters. The van der Waals surface area contributed by atoms with Gasteiger partial charge in [0.15, 0.2) is 18.3 Å². The number of benzene rings is 1. The maximum absolute atomic E-state index is 5.43. The molecule has 0 bridgehead atoms. The fraction of sp³-hybridized carbons (Fsp3) is 0.400. The standard InChI is InChI=1S/C10H11BrO4/c1-12-6-15-8-5-10-9(4-7(8)11)13-2-3-14-10/h4-5H,2-3,6H2,1H3.